The summed E-state index contributed by atoms with van der Waals surface area (Å²) in [6.45, 7) is 7.69. The Balaban J connectivity index is 1.80. The van der Waals surface area contributed by atoms with E-state index in [1.54, 1.807) is 0 Å². The highest BCUT2D eigenvalue weighted by Crippen LogP contribution is 2.29. The monoisotopic (exact) mass is 444 g/mol. The lowest BCUT2D eigenvalue weighted by Crippen LogP contribution is -2.45. The summed E-state index contributed by atoms with van der Waals surface area (Å²) in [5.41, 5.74) is 1.50. The molecule has 2 N–H and O–H groups in total. The van der Waals surface area contributed by atoms with Crippen molar-refractivity contribution in [2.24, 2.45) is 5.92 Å². The first-order valence-corrected chi connectivity index (χ1v) is 12.0. The number of likely N-dealkylation sites (N-methyl/N-ethyl adjacent to an activating group) is 1. The second-order valence-electron chi connectivity index (χ2n) is 9.97. The molecule has 1 aromatic rings. The number of carbonyl (C=O) groups excluding carboxylic acids is 2. The van der Waals surface area contributed by atoms with Gasteiger partial charge >= 0.3 is 6.03 Å². The minimum absolute atomic E-state index is 0.0377. The molecule has 0 bridgehead atoms. The molecule has 178 valence electrons. The van der Waals surface area contributed by atoms with Gasteiger partial charge in [0.1, 0.15) is 11.9 Å². The minimum atomic E-state index is -0.185. The van der Waals surface area contributed by atoms with Crippen molar-refractivity contribution in [2.45, 2.75) is 77.5 Å². The maximum atomic E-state index is 13.2. The number of benzene rings is 1. The number of ether oxygens (including phenoxy) is 1. The molecule has 2 aliphatic rings. The van der Waals surface area contributed by atoms with Gasteiger partial charge in [-0.15, -0.1) is 0 Å². The maximum Gasteiger partial charge on any atom is 0.319 e. The second kappa shape index (κ2) is 11.0. The third-order valence-electron chi connectivity index (χ3n) is 6.49. The van der Waals surface area contributed by atoms with Crippen LogP contribution in [-0.2, 0) is 11.2 Å². The first kappa shape index (κ1) is 24.4. The zero-order valence-electron chi connectivity index (χ0n) is 20.3. The molecule has 0 aromatic heterocycles. The van der Waals surface area contributed by atoms with Gasteiger partial charge in [0.15, 0.2) is 0 Å². The quantitative estimate of drug-likeness (QED) is 0.723. The summed E-state index contributed by atoms with van der Waals surface area (Å²) in [7, 11) is 4.07. The van der Waals surface area contributed by atoms with Crippen molar-refractivity contribution in [1.82, 2.24) is 15.1 Å². The summed E-state index contributed by atoms with van der Waals surface area (Å²) in [5, 5.41) is 6.04. The van der Waals surface area contributed by atoms with Crippen LogP contribution in [0.4, 0.5) is 10.5 Å². The molecule has 1 heterocycles. The van der Waals surface area contributed by atoms with Crippen LogP contribution in [-0.4, -0.2) is 67.1 Å². The van der Waals surface area contributed by atoms with E-state index in [2.05, 4.69) is 36.3 Å². The number of carbonyl (C=O) groups is 2. The van der Waals surface area contributed by atoms with Gasteiger partial charge in [-0.2, -0.15) is 0 Å². The van der Waals surface area contributed by atoms with E-state index < -0.39 is 0 Å². The van der Waals surface area contributed by atoms with Gasteiger partial charge in [0.05, 0.1) is 6.42 Å². The van der Waals surface area contributed by atoms with Crippen LogP contribution in [0.25, 0.3) is 0 Å². The van der Waals surface area contributed by atoms with Crippen molar-refractivity contribution >= 4 is 17.6 Å². The molecule has 1 aliphatic heterocycles. The van der Waals surface area contributed by atoms with Gasteiger partial charge in [-0.3, -0.25) is 4.79 Å². The number of amides is 3. The van der Waals surface area contributed by atoms with E-state index in [4.69, 9.17) is 4.74 Å². The van der Waals surface area contributed by atoms with Gasteiger partial charge in [0, 0.05) is 42.3 Å². The van der Waals surface area contributed by atoms with E-state index in [1.165, 1.54) is 19.3 Å². The van der Waals surface area contributed by atoms with Crippen LogP contribution < -0.4 is 15.4 Å². The average Bonchev–Trinajstić information content (AvgIpc) is 2.76. The molecule has 1 aliphatic carbocycles. The molecule has 7 nitrogen and oxygen atoms in total. The fourth-order valence-electron chi connectivity index (χ4n) is 4.66. The van der Waals surface area contributed by atoms with Gasteiger partial charge in [-0.1, -0.05) is 26.2 Å². The summed E-state index contributed by atoms with van der Waals surface area (Å²) in [4.78, 5) is 29.7. The van der Waals surface area contributed by atoms with E-state index in [1.807, 2.05) is 37.2 Å². The molecule has 2 unspecified atom stereocenters. The first-order valence-electron chi connectivity index (χ1n) is 12.0. The second-order valence-corrected chi connectivity index (χ2v) is 9.97. The first-order chi connectivity index (χ1) is 15.2. The summed E-state index contributed by atoms with van der Waals surface area (Å²) in [6, 6.07) is 5.81. The van der Waals surface area contributed by atoms with Crippen LogP contribution in [0.1, 0.15) is 58.4 Å². The summed E-state index contributed by atoms with van der Waals surface area (Å²) < 4.78 is 6.45. The summed E-state index contributed by atoms with van der Waals surface area (Å²) in [6.07, 6.45) is 5.88. The number of hydrogen-bond acceptors (Lipinski definition) is 4. The Bertz CT molecular complexity index is 789. The zero-order chi connectivity index (χ0) is 23.3. The van der Waals surface area contributed by atoms with Gasteiger partial charge in [0.25, 0.3) is 0 Å². The fraction of sp³-hybridized carbons (Fsp3) is 0.680. The predicted octanol–water partition coefficient (Wildman–Crippen LogP) is 3.88. The molecule has 2 atom stereocenters. The van der Waals surface area contributed by atoms with Crippen LogP contribution in [0, 0.1) is 5.92 Å². The SMILES string of the molecule is CC1CN(C(C)C)C(=O)Cc2cc(NC(=O)NC3CCCCC3)ccc2OC1CN(C)C. The number of hydrogen-bond donors (Lipinski definition) is 2. The van der Waals surface area contributed by atoms with Crippen molar-refractivity contribution in [3.8, 4) is 5.75 Å². The molecule has 1 fully saturated rings. The largest absolute Gasteiger partial charge is 0.488 e. The maximum absolute atomic E-state index is 13.2. The summed E-state index contributed by atoms with van der Waals surface area (Å²) in [5.74, 6) is 1.00. The topological polar surface area (TPSA) is 73.9 Å². The molecule has 1 saturated carbocycles. The van der Waals surface area contributed by atoms with Crippen LogP contribution in [0.5, 0.6) is 5.75 Å². The molecular formula is C25H40N4O3. The molecule has 0 saturated heterocycles. The van der Waals surface area contributed by atoms with Crippen LogP contribution in [0.3, 0.4) is 0 Å². The third-order valence-corrected chi connectivity index (χ3v) is 6.49. The van der Waals surface area contributed by atoms with Crippen molar-refractivity contribution < 1.29 is 14.3 Å². The highest BCUT2D eigenvalue weighted by atomic mass is 16.5. The summed E-state index contributed by atoms with van der Waals surface area (Å²) >= 11 is 0. The molecule has 3 rings (SSSR count). The molecule has 7 heteroatoms. The molecule has 0 spiro atoms. The average molecular weight is 445 g/mol. The Morgan fingerprint density at radius 3 is 2.59 bits per heavy atom. The molecular weight excluding hydrogens is 404 g/mol. The molecule has 3 amide bonds. The van der Waals surface area contributed by atoms with E-state index in [-0.39, 0.29) is 42.5 Å². The van der Waals surface area contributed by atoms with E-state index in [0.29, 0.717) is 12.2 Å². The lowest BCUT2D eigenvalue weighted by Gasteiger charge is -2.32. The normalized spacial score (nSPS) is 22.6. The van der Waals surface area contributed by atoms with Crippen molar-refractivity contribution in [3.63, 3.8) is 0 Å². The van der Waals surface area contributed by atoms with Gasteiger partial charge in [-0.25, -0.2) is 4.79 Å². The Morgan fingerprint density at radius 2 is 1.94 bits per heavy atom. The Labute approximate surface area is 192 Å². The Morgan fingerprint density at radius 1 is 1.22 bits per heavy atom. The highest BCUT2D eigenvalue weighted by Gasteiger charge is 2.30. The lowest BCUT2D eigenvalue weighted by atomic mass is 9.96. The Kier molecular flexibility index (Phi) is 8.40. The van der Waals surface area contributed by atoms with E-state index >= 15 is 0 Å². The number of rotatable bonds is 5. The standard InChI is InChI=1S/C25H40N4O3/c1-17(2)29-15-18(3)23(16-28(4)5)32-22-12-11-21(13-19(22)14-24(29)30)27-25(31)26-20-9-7-6-8-10-20/h11-13,17-18,20,23H,6-10,14-16H2,1-5H3,(H2,26,27,31). The number of fused-ring (bicyclic) bond motifs is 1. The smallest absolute Gasteiger partial charge is 0.319 e. The molecule has 0 radical (unpaired) electrons. The highest BCUT2D eigenvalue weighted by molar-refractivity contribution is 5.90. The molecule has 32 heavy (non-hydrogen) atoms. The van der Waals surface area contributed by atoms with Gasteiger partial charge < -0.3 is 25.2 Å². The van der Waals surface area contributed by atoms with E-state index in [0.717, 1.165) is 30.7 Å². The van der Waals surface area contributed by atoms with Gasteiger partial charge in [0.2, 0.25) is 5.91 Å². The van der Waals surface area contributed by atoms with Crippen molar-refractivity contribution in [1.29, 1.82) is 0 Å². The zero-order valence-corrected chi connectivity index (χ0v) is 20.3. The van der Waals surface area contributed by atoms with Gasteiger partial charge in [-0.05, 0) is 59.0 Å². The van der Waals surface area contributed by atoms with Crippen LogP contribution >= 0.6 is 0 Å². The van der Waals surface area contributed by atoms with Crippen molar-refractivity contribution in [3.05, 3.63) is 23.8 Å². The lowest BCUT2D eigenvalue weighted by molar-refractivity contribution is -0.133. The van der Waals surface area contributed by atoms with Crippen LogP contribution in [0.2, 0.25) is 0 Å². The van der Waals surface area contributed by atoms with Crippen molar-refractivity contribution in [2.75, 3.05) is 32.5 Å². The number of urea groups is 1. The van der Waals surface area contributed by atoms with E-state index in [9.17, 15) is 9.59 Å². The third kappa shape index (κ3) is 6.61. The number of nitrogens with one attached hydrogen (secondary N) is 2. The number of nitrogens with zero attached hydrogens (tertiary/aromatic N) is 2. The predicted molar refractivity (Wildman–Crippen MR) is 128 cm³/mol. The molecule has 1 aromatic carbocycles. The minimum Gasteiger partial charge on any atom is -0.488 e. The Hall–Kier alpha value is -2.28. The van der Waals surface area contributed by atoms with Crippen LogP contribution in [0.15, 0.2) is 18.2 Å². The fourth-order valence-corrected chi connectivity index (χ4v) is 4.66. The number of anilines is 1.